The Morgan fingerprint density at radius 2 is 1.92 bits per heavy atom. The summed E-state index contributed by atoms with van der Waals surface area (Å²) in [7, 11) is 1.37. The van der Waals surface area contributed by atoms with Crippen molar-refractivity contribution in [3.8, 4) is 0 Å². The Morgan fingerprint density at radius 3 is 2.52 bits per heavy atom. The number of carbonyl (C=O) groups is 1. The molecule has 0 amide bonds. The molecule has 1 atom stereocenters. The second-order valence-electron chi connectivity index (χ2n) is 6.40. The number of esters is 1. The standard InChI is InChI=1S/C19H19N2O3.Tl/c1-12(2)19(23,17-10-20-11-21-17)16-7-6-13-8-15(18(22)24-3)5-4-14(13)9-16;/h4-12,23H,1-3H3;/q-1;+1. The molecule has 0 aliphatic carbocycles. The molecule has 0 saturated heterocycles. The van der Waals surface area contributed by atoms with E-state index in [1.165, 1.54) is 7.11 Å². The maximum absolute atomic E-state index is 11.7. The first kappa shape index (κ1) is 18.1. The van der Waals surface area contributed by atoms with Crippen LogP contribution < -0.4 is 0 Å². The van der Waals surface area contributed by atoms with Crippen molar-refractivity contribution in [1.82, 2.24) is 7.36 Å². The summed E-state index contributed by atoms with van der Waals surface area (Å²) < 4.78 is 6.76. The molecule has 1 unspecified atom stereocenters. The Hall–Kier alpha value is -1.74. The number of nitrogens with zero attached hydrogens (tertiary/aromatic N) is 2. The average Bonchev–Trinajstić information content (AvgIpc) is 3.06. The Balaban J connectivity index is 2.12. The van der Waals surface area contributed by atoms with Gasteiger partial charge in [0.05, 0.1) is 7.11 Å². The van der Waals surface area contributed by atoms with E-state index in [1.807, 2.05) is 46.7 Å². The first-order valence-corrected chi connectivity index (χ1v) is 10.0. The monoisotopic (exact) mass is 528 g/mol. The first-order valence-electron chi connectivity index (χ1n) is 8.00. The van der Waals surface area contributed by atoms with Gasteiger partial charge in [0.1, 0.15) is 0 Å². The van der Waals surface area contributed by atoms with Crippen molar-refractivity contribution in [1.29, 1.82) is 0 Å². The molecule has 126 valence electrons. The molecule has 3 aromatic rings. The summed E-state index contributed by atoms with van der Waals surface area (Å²) in [6, 6.07) is 11.2. The number of fused-ring (bicyclic) bond motifs is 1. The molecule has 1 N–H and O–H groups in total. The number of hydrogen-bond acceptors (Lipinski definition) is 4. The van der Waals surface area contributed by atoms with E-state index in [1.54, 1.807) is 18.5 Å². The summed E-state index contributed by atoms with van der Waals surface area (Å²) in [5, 5.41) is 13.3. The van der Waals surface area contributed by atoms with Crippen LogP contribution in [0.1, 0.15) is 35.5 Å². The molecule has 0 aliphatic heterocycles. The van der Waals surface area contributed by atoms with Gasteiger partial charge in [0, 0.05) is 0 Å². The molecule has 0 bridgehead atoms. The van der Waals surface area contributed by atoms with Gasteiger partial charge in [0.25, 0.3) is 0 Å². The zero-order valence-electron chi connectivity index (χ0n) is 14.4. The molecular weight excluding hydrogens is 509 g/mol. The third-order valence-corrected chi connectivity index (χ3v) is 5.63. The molecule has 0 spiro atoms. The van der Waals surface area contributed by atoms with E-state index in [0.29, 0.717) is 37.3 Å². The van der Waals surface area contributed by atoms with Crippen LogP contribution in [0.5, 0.6) is 0 Å². The van der Waals surface area contributed by atoms with Crippen molar-refractivity contribution in [3.05, 3.63) is 65.7 Å². The predicted octanol–water partition coefficient (Wildman–Crippen LogP) is 2.65. The number of hydrogen-bond donors (Lipinski definition) is 1. The van der Waals surface area contributed by atoms with Crippen molar-refractivity contribution in [2.45, 2.75) is 19.4 Å². The molecule has 25 heavy (non-hydrogen) atoms. The van der Waals surface area contributed by atoms with E-state index in [-0.39, 0.29) is 11.9 Å². The van der Waals surface area contributed by atoms with Gasteiger partial charge in [-0.1, -0.05) is 0 Å². The Bertz CT molecular complexity index is 935. The van der Waals surface area contributed by atoms with E-state index in [2.05, 4.69) is 4.98 Å². The van der Waals surface area contributed by atoms with Crippen LogP contribution in [-0.2, 0) is 10.3 Å². The van der Waals surface area contributed by atoms with Gasteiger partial charge in [-0.05, 0) is 0 Å². The topological polar surface area (TPSA) is 64.3 Å². The molecule has 0 radical (unpaired) electrons. The summed E-state index contributed by atoms with van der Waals surface area (Å²) in [6.07, 6.45) is 3.67. The van der Waals surface area contributed by atoms with Gasteiger partial charge < -0.3 is 0 Å². The van der Waals surface area contributed by atoms with Gasteiger partial charge in [-0.15, -0.1) is 0 Å². The number of methoxy groups -OCH3 is 1. The van der Waals surface area contributed by atoms with Crippen molar-refractivity contribution in [3.63, 3.8) is 0 Å². The number of benzene rings is 2. The summed E-state index contributed by atoms with van der Waals surface area (Å²) >= 11 is 0.607. The van der Waals surface area contributed by atoms with Gasteiger partial charge in [-0.2, -0.15) is 0 Å². The quantitative estimate of drug-likeness (QED) is 0.419. The van der Waals surface area contributed by atoms with Crippen molar-refractivity contribution < 1.29 is 14.6 Å². The van der Waals surface area contributed by atoms with E-state index < -0.39 is 5.60 Å². The van der Waals surface area contributed by atoms with E-state index >= 15 is 0 Å². The first-order chi connectivity index (χ1) is 11.9. The van der Waals surface area contributed by atoms with Gasteiger partial charge in [-0.3, -0.25) is 0 Å². The summed E-state index contributed by atoms with van der Waals surface area (Å²) in [6.45, 7) is 3.97. The molecule has 1 aromatic heterocycles. The normalized spacial score (nSPS) is 13.8. The zero-order chi connectivity index (χ0) is 18.2. The molecule has 0 saturated carbocycles. The molecule has 6 heteroatoms. The zero-order valence-corrected chi connectivity index (χ0v) is 18.9. The molecule has 3 rings (SSSR count). The minimum atomic E-state index is -1.16. The molecule has 0 aliphatic rings. The van der Waals surface area contributed by atoms with Crippen molar-refractivity contribution >= 4 is 42.8 Å². The van der Waals surface area contributed by atoms with Crippen LogP contribution in [0.2, 0.25) is 0 Å². The second-order valence-corrected chi connectivity index (χ2v) is 8.71. The number of aromatic nitrogens is 2. The number of aliphatic hydroxyl groups is 1. The molecular formula is C19H19N2O3Tl. The van der Waals surface area contributed by atoms with Crippen molar-refractivity contribution in [2.24, 2.45) is 5.92 Å². The average molecular weight is 528 g/mol. The van der Waals surface area contributed by atoms with Gasteiger partial charge in [0.15, 0.2) is 0 Å². The van der Waals surface area contributed by atoms with Gasteiger partial charge >= 0.3 is 156 Å². The third kappa shape index (κ3) is 3.22. The number of ether oxygens (including phenoxy) is 1. The van der Waals surface area contributed by atoms with Crippen LogP contribution in [-0.4, -0.2) is 51.6 Å². The minimum absolute atomic E-state index is 0.0424. The SMILES string of the molecule is COC(=O)c1ccc2cc(C(O)(c3c[n]([Tl])cn3)C(C)C)ccc2c1. The van der Waals surface area contributed by atoms with Crippen LogP contribution in [0.15, 0.2) is 48.9 Å². The van der Waals surface area contributed by atoms with E-state index in [0.717, 1.165) is 16.3 Å². The summed E-state index contributed by atoms with van der Waals surface area (Å²) in [5.41, 5.74) is 0.813. The third-order valence-electron chi connectivity index (χ3n) is 4.53. The van der Waals surface area contributed by atoms with Crippen LogP contribution in [0.4, 0.5) is 0 Å². The summed E-state index contributed by atoms with van der Waals surface area (Å²) in [5.74, 6) is -0.401. The predicted molar refractivity (Wildman–Crippen MR) is 96.5 cm³/mol. The van der Waals surface area contributed by atoms with Crippen LogP contribution in [0.25, 0.3) is 10.8 Å². The number of carbonyl (C=O) groups excluding carboxylic acids is 1. The van der Waals surface area contributed by atoms with E-state index in [4.69, 9.17) is 4.74 Å². The number of rotatable bonds is 4. The van der Waals surface area contributed by atoms with Crippen molar-refractivity contribution in [2.75, 3.05) is 7.11 Å². The van der Waals surface area contributed by atoms with Crippen LogP contribution in [0, 0.1) is 5.92 Å². The summed E-state index contributed by atoms with van der Waals surface area (Å²) in [4.78, 5) is 16.1. The Morgan fingerprint density at radius 1 is 1.24 bits per heavy atom. The van der Waals surface area contributed by atoms with Gasteiger partial charge in [-0.25, -0.2) is 0 Å². The van der Waals surface area contributed by atoms with Gasteiger partial charge in [0.2, 0.25) is 0 Å². The van der Waals surface area contributed by atoms with E-state index in [9.17, 15) is 9.90 Å². The fourth-order valence-electron chi connectivity index (χ4n) is 3.04. The Kier molecular flexibility index (Phi) is 4.97. The fraction of sp³-hybridized carbons (Fsp3) is 0.263. The molecule has 5 nitrogen and oxygen atoms in total. The van der Waals surface area contributed by atoms with Crippen LogP contribution >= 0.6 is 0 Å². The maximum atomic E-state index is 11.7. The molecule has 2 aromatic carbocycles. The fourth-order valence-corrected chi connectivity index (χ4v) is 3.85. The second kappa shape index (κ2) is 6.87. The number of imidazole rings is 1. The molecule has 1 heterocycles. The Labute approximate surface area is 162 Å². The molecule has 0 fully saturated rings. The van der Waals surface area contributed by atoms with Crippen LogP contribution in [0.3, 0.4) is 0 Å².